The fourth-order valence-corrected chi connectivity index (χ4v) is 0. The van der Waals surface area contributed by atoms with E-state index in [1.54, 1.807) is 0 Å². The van der Waals surface area contributed by atoms with Crippen molar-refractivity contribution < 1.29 is 0 Å². The van der Waals surface area contributed by atoms with Crippen LogP contribution in [0.3, 0.4) is 0 Å². The Kier molecular flexibility index (Phi) is 2.25. The molecule has 0 aliphatic carbocycles. The van der Waals surface area contributed by atoms with E-state index < -0.39 is 0 Å². The van der Waals surface area contributed by atoms with Crippen LogP contribution in [0.5, 0.6) is 0 Å². The Balaban J connectivity index is 2.54. The van der Waals surface area contributed by atoms with Gasteiger partial charge in [0.15, 0.2) is 0 Å². The summed E-state index contributed by atoms with van der Waals surface area (Å²) in [6, 6.07) is 0. The van der Waals surface area contributed by atoms with E-state index in [-0.39, 0.29) is 0 Å². The maximum absolute atomic E-state index is 3.69. The first-order chi connectivity index (χ1) is 2.27. The van der Waals surface area contributed by atoms with E-state index in [2.05, 4.69) is 13.8 Å². The predicted molar refractivity (Wildman–Crippen MR) is 24.5 cm³/mol. The van der Waals surface area contributed by atoms with E-state index in [1.165, 1.54) is 0 Å². The lowest BCUT2D eigenvalue weighted by Crippen LogP contribution is -1.78. The molecule has 0 unspecified atom stereocenters. The minimum Gasteiger partial charge on any atom is -0.0625 e. The van der Waals surface area contributed by atoms with Crippen LogP contribution >= 0.6 is 0 Å². The van der Waals surface area contributed by atoms with Gasteiger partial charge in [0.2, 0.25) is 0 Å². The lowest BCUT2D eigenvalue weighted by atomic mass is 10.2. The molecule has 0 aliphatic heterocycles. The van der Waals surface area contributed by atoms with E-state index in [0.717, 1.165) is 6.42 Å². The molecule has 2 radical (unpaired) electrons. The van der Waals surface area contributed by atoms with Crippen LogP contribution in [0.25, 0.3) is 0 Å². The number of hydrogen-bond acceptors (Lipinski definition) is 0. The molecule has 0 aromatic rings. The molecular weight excluding hydrogens is 60.1 g/mol. The fourth-order valence-electron chi connectivity index (χ4n) is 0. The highest BCUT2D eigenvalue weighted by molar-refractivity contribution is 4.52. The van der Waals surface area contributed by atoms with Gasteiger partial charge in [0.05, 0.1) is 0 Å². The third-order valence-corrected chi connectivity index (χ3v) is 0.493. The summed E-state index contributed by atoms with van der Waals surface area (Å²) in [5.41, 5.74) is 0. The summed E-state index contributed by atoms with van der Waals surface area (Å²) < 4.78 is 0. The van der Waals surface area contributed by atoms with Crippen LogP contribution in [0, 0.1) is 19.8 Å². The average Bonchev–Trinajstić information content (AvgIpc) is 1.38. The Labute approximate surface area is 34.2 Å². The first-order valence-corrected chi connectivity index (χ1v) is 1.89. The van der Waals surface area contributed by atoms with Gasteiger partial charge in [-0.1, -0.05) is 27.2 Å². The van der Waals surface area contributed by atoms with Gasteiger partial charge in [-0.3, -0.25) is 0 Å². The molecule has 0 heteroatoms. The summed E-state index contributed by atoms with van der Waals surface area (Å²) in [4.78, 5) is 0. The van der Waals surface area contributed by atoms with Gasteiger partial charge in [0.25, 0.3) is 0 Å². The Bertz CT molecular complexity index is 14.0. The summed E-state index contributed by atoms with van der Waals surface area (Å²) >= 11 is 0. The van der Waals surface area contributed by atoms with Crippen molar-refractivity contribution in [3.8, 4) is 0 Å². The number of rotatable bonds is 1. The fraction of sp³-hybridized carbons (Fsp3) is 0.600. The zero-order chi connectivity index (χ0) is 4.28. The maximum atomic E-state index is 3.69. The average molecular weight is 70.1 g/mol. The molecule has 0 N–H and O–H groups in total. The molecule has 0 bridgehead atoms. The summed E-state index contributed by atoms with van der Waals surface area (Å²) in [5, 5.41) is 0. The third kappa shape index (κ3) is 4.00. The standard InChI is InChI=1S/C5H10/c1-4-5(2)3/h5H,1-2,4H2,3H3/t5-/m1/s1. The van der Waals surface area contributed by atoms with Crippen molar-refractivity contribution >= 4 is 0 Å². The molecule has 0 nitrogen and oxygen atoms in total. The normalized spacial score (nSPS) is 9.60. The molecule has 0 saturated carbocycles. The van der Waals surface area contributed by atoms with Gasteiger partial charge >= 0.3 is 0 Å². The van der Waals surface area contributed by atoms with Crippen molar-refractivity contribution in [2.75, 3.05) is 0 Å². The maximum Gasteiger partial charge on any atom is -0.0443 e. The largest absolute Gasteiger partial charge is 0.0625 e. The van der Waals surface area contributed by atoms with Gasteiger partial charge in [-0.2, -0.15) is 0 Å². The van der Waals surface area contributed by atoms with Crippen molar-refractivity contribution in [2.24, 2.45) is 5.92 Å². The molecule has 0 rings (SSSR count). The van der Waals surface area contributed by atoms with Crippen LogP contribution in [0.15, 0.2) is 0 Å². The second-order valence-corrected chi connectivity index (χ2v) is 1.39. The molecule has 5 heavy (non-hydrogen) atoms. The highest BCUT2D eigenvalue weighted by atomic mass is 13.9. The van der Waals surface area contributed by atoms with Gasteiger partial charge < -0.3 is 0 Å². The Morgan fingerprint density at radius 1 is 1.80 bits per heavy atom. The van der Waals surface area contributed by atoms with Crippen molar-refractivity contribution in [2.45, 2.75) is 13.3 Å². The van der Waals surface area contributed by atoms with Gasteiger partial charge in [0.1, 0.15) is 0 Å². The van der Waals surface area contributed by atoms with E-state index in [1.807, 2.05) is 6.92 Å². The predicted octanol–water partition coefficient (Wildman–Crippen LogP) is 1.68. The van der Waals surface area contributed by atoms with Crippen LogP contribution in [-0.2, 0) is 0 Å². The molecule has 0 aromatic heterocycles. The molecule has 30 valence electrons. The Morgan fingerprint density at radius 3 is 2.00 bits per heavy atom. The highest BCUT2D eigenvalue weighted by Gasteiger charge is 1.80. The van der Waals surface area contributed by atoms with Crippen molar-refractivity contribution in [3.05, 3.63) is 13.8 Å². The monoisotopic (exact) mass is 70.1 g/mol. The summed E-state index contributed by atoms with van der Waals surface area (Å²) in [5.74, 6) is 0.523. The lowest BCUT2D eigenvalue weighted by Gasteiger charge is -1.90. The summed E-state index contributed by atoms with van der Waals surface area (Å²) in [6.07, 6.45) is 0.944. The second kappa shape index (κ2) is 2.25. The molecule has 0 saturated heterocycles. The van der Waals surface area contributed by atoms with Crippen LogP contribution in [0.2, 0.25) is 0 Å². The molecule has 0 aliphatic rings. The van der Waals surface area contributed by atoms with Crippen molar-refractivity contribution in [1.29, 1.82) is 0 Å². The molecule has 0 amide bonds. The zero-order valence-electron chi connectivity index (χ0n) is 3.70. The molecule has 1 atom stereocenters. The smallest absolute Gasteiger partial charge is 0.0443 e. The molecule has 0 aromatic carbocycles. The van der Waals surface area contributed by atoms with Crippen LogP contribution < -0.4 is 0 Å². The summed E-state index contributed by atoms with van der Waals surface area (Å²) in [6.45, 7) is 9.37. The van der Waals surface area contributed by atoms with Crippen molar-refractivity contribution in [1.82, 2.24) is 0 Å². The van der Waals surface area contributed by atoms with Gasteiger partial charge in [-0.05, 0) is 5.92 Å². The first-order valence-electron chi connectivity index (χ1n) is 1.89. The lowest BCUT2D eigenvalue weighted by molar-refractivity contribution is 0.737. The Morgan fingerprint density at radius 2 is 2.00 bits per heavy atom. The second-order valence-electron chi connectivity index (χ2n) is 1.39. The first kappa shape index (κ1) is 5.00. The van der Waals surface area contributed by atoms with Crippen LogP contribution in [0.1, 0.15) is 13.3 Å². The topological polar surface area (TPSA) is 0 Å². The third-order valence-electron chi connectivity index (χ3n) is 0.493. The number of hydrogen-bond donors (Lipinski definition) is 0. The molecule has 0 fully saturated rings. The zero-order valence-corrected chi connectivity index (χ0v) is 3.70. The van der Waals surface area contributed by atoms with Crippen LogP contribution in [-0.4, -0.2) is 0 Å². The summed E-state index contributed by atoms with van der Waals surface area (Å²) in [7, 11) is 0. The molecule has 0 heterocycles. The molecular formula is C5H10. The minimum absolute atomic E-state index is 0.523. The van der Waals surface area contributed by atoms with E-state index in [0.29, 0.717) is 5.92 Å². The van der Waals surface area contributed by atoms with Crippen LogP contribution in [0.4, 0.5) is 0 Å². The van der Waals surface area contributed by atoms with Gasteiger partial charge in [-0.25, -0.2) is 0 Å². The molecule has 0 spiro atoms. The minimum atomic E-state index is 0.523. The van der Waals surface area contributed by atoms with E-state index >= 15 is 0 Å². The van der Waals surface area contributed by atoms with E-state index in [4.69, 9.17) is 0 Å². The van der Waals surface area contributed by atoms with Crippen molar-refractivity contribution in [3.63, 3.8) is 0 Å². The highest BCUT2D eigenvalue weighted by Crippen LogP contribution is 1.92. The Hall–Kier alpha value is 0. The van der Waals surface area contributed by atoms with E-state index in [9.17, 15) is 0 Å². The van der Waals surface area contributed by atoms with Gasteiger partial charge in [0, 0.05) is 0 Å². The SMILES string of the molecule is [CH2]C[C@H]([CH2])C. The van der Waals surface area contributed by atoms with Gasteiger partial charge in [-0.15, -0.1) is 0 Å². The quantitative estimate of drug-likeness (QED) is 0.440.